The number of pyridine rings is 2. The van der Waals surface area contributed by atoms with E-state index in [1.165, 1.54) is 110 Å². The first-order valence-electron chi connectivity index (χ1n) is 45.4. The molecule has 5 heterocycles. The van der Waals surface area contributed by atoms with Crippen LogP contribution in [0.2, 0.25) is 0 Å². The molecule has 11 heteroatoms. The van der Waals surface area contributed by atoms with Gasteiger partial charge in [-0.05, 0) is 262 Å². The summed E-state index contributed by atoms with van der Waals surface area (Å²) in [6.45, 7) is 0. The summed E-state index contributed by atoms with van der Waals surface area (Å²) in [5.74, 6) is 0. The zero-order chi connectivity index (χ0) is 89.8. The molecular weight excluding hydrogens is 1700 g/mol. The van der Waals surface area contributed by atoms with Gasteiger partial charge in [0.2, 0.25) is 0 Å². The average molecular weight is 1780 g/mol. The van der Waals surface area contributed by atoms with Crippen LogP contribution in [0.3, 0.4) is 0 Å². The highest BCUT2D eigenvalue weighted by Gasteiger charge is 2.25. The number of hydrogen-bond acceptors (Lipinski definition) is 11. The number of para-hydroxylation sites is 6. The van der Waals surface area contributed by atoms with Gasteiger partial charge in [-0.25, -0.2) is 0 Å². The topological polar surface area (TPSA) is 45.2 Å². The molecule has 25 rings (SSSR count). The fourth-order valence-corrected chi connectivity index (χ4v) is 22.6. The van der Waals surface area contributed by atoms with Crippen LogP contribution in [0.4, 0.5) is 102 Å². The largest absolute Gasteiger partial charge is 0.311 e. The lowest BCUT2D eigenvalue weighted by molar-refractivity contribution is 1.22. The number of benzene rings is 20. The summed E-state index contributed by atoms with van der Waals surface area (Å²) in [7, 11) is 0. The lowest BCUT2D eigenvalue weighted by atomic mass is 10.0. The molecule has 0 atom stereocenters. The number of thiophene rings is 3. The van der Waals surface area contributed by atoms with E-state index >= 15 is 0 Å². The average Bonchev–Trinajstić information content (AvgIpc) is 1.60. The number of hydrogen-bond donors (Lipinski definition) is 0. The lowest BCUT2D eigenvalue weighted by Gasteiger charge is -2.29. The van der Waals surface area contributed by atoms with Crippen molar-refractivity contribution in [1.29, 1.82) is 0 Å². The maximum Gasteiger partial charge on any atom is 0.0640 e. The summed E-state index contributed by atoms with van der Waals surface area (Å²) in [5, 5.41) is 15.5. The summed E-state index contributed by atoms with van der Waals surface area (Å²) in [6.07, 6.45) is 7.29. The second-order valence-electron chi connectivity index (χ2n) is 33.2. The van der Waals surface area contributed by atoms with Crippen molar-refractivity contribution in [1.82, 2.24) is 9.97 Å². The van der Waals surface area contributed by atoms with Crippen LogP contribution < -0.4 is 29.4 Å². The third kappa shape index (κ3) is 16.4. The van der Waals surface area contributed by atoms with Crippen LogP contribution in [-0.4, -0.2) is 9.97 Å². The smallest absolute Gasteiger partial charge is 0.0640 e. The molecule has 0 aliphatic rings. The van der Waals surface area contributed by atoms with Gasteiger partial charge in [-0.3, -0.25) is 9.97 Å². The van der Waals surface area contributed by atoms with Gasteiger partial charge in [0.25, 0.3) is 0 Å². The van der Waals surface area contributed by atoms with E-state index in [2.05, 4.69) is 513 Å². The summed E-state index contributed by atoms with van der Waals surface area (Å²) in [6, 6.07) is 178. The van der Waals surface area contributed by atoms with E-state index in [1.54, 1.807) is 0 Å². The normalized spacial score (nSPS) is 11.3. The van der Waals surface area contributed by atoms with Crippen LogP contribution in [0.15, 0.2) is 522 Å². The van der Waals surface area contributed by atoms with Crippen LogP contribution in [0, 0.1) is 0 Å². The Hall–Kier alpha value is -17.1. The van der Waals surface area contributed by atoms with E-state index in [1.807, 2.05) is 83.1 Å². The molecule has 0 saturated heterocycles. The van der Waals surface area contributed by atoms with Crippen molar-refractivity contribution >= 4 is 229 Å². The summed E-state index contributed by atoms with van der Waals surface area (Å²) >= 11 is 5.64. The SMILES string of the molecule is c1ccc(-c2cccc(N(c3ccccc3)c3cccc(N(c4ccccc4)c4cccc5c4sc4c6ccccc6ccc54)c3)c2)cc1.c1ccc(N(c2ccc(N(c3ccncc3)c3ccncc3)cc2)c2ccc3sc4c5ccccc5ccc4c3c2)cc1.c1ccc(N(c2ccccc2)c2ccc(N(c3ccccc3)c3ccc4sc5c6ccccc6ccc5c4c3)cc2)cc1. The Morgan fingerprint density at radius 2 is 0.393 bits per heavy atom. The molecule has 135 heavy (non-hydrogen) atoms. The quantitative estimate of drug-likeness (QED) is 0.0794. The van der Waals surface area contributed by atoms with Crippen molar-refractivity contribution in [3.8, 4) is 11.1 Å². The standard InChI is InChI=1S/C46H32N2S.C40H28N2S.C38H26N4S/c1-4-15-33(16-5-1)35-18-12-23-38(31-35)47(36-19-6-2-7-20-36)39-24-13-25-40(32-39)48(37-21-8-3-9-22-37)44-28-14-27-42-43-30-29-34-17-10-11-26-41(34)45(43)49-46(42)44;1-4-13-30(14-5-1)41(31-15-6-2-7-16-31)33-21-23-34(24-22-33)42(32-17-8-3-9-18-32)35-25-27-39-38(28-35)37-26-20-29-12-10-11-19-36(29)40(37)43-39;1-2-7-28(8-3-1)42(33-15-17-37-36(26-33)35-16-10-27-6-4-5-9-34(27)38(35)43-37)30-13-11-29(12-14-30)41(31-18-22-39-23-19-31)32-20-24-40-25-21-32/h1-32H;1-28H;1-26H. The molecule has 0 aliphatic heterocycles. The Balaban J connectivity index is 0.000000114. The highest BCUT2D eigenvalue weighted by atomic mass is 32.1. The minimum absolute atomic E-state index is 1.04. The van der Waals surface area contributed by atoms with Crippen molar-refractivity contribution in [2.45, 2.75) is 0 Å². The molecule has 0 N–H and O–H groups in total. The van der Waals surface area contributed by atoms with Crippen LogP contribution >= 0.6 is 34.0 Å². The van der Waals surface area contributed by atoms with Crippen LogP contribution in [0.25, 0.3) is 104 Å². The maximum atomic E-state index is 4.23. The van der Waals surface area contributed by atoms with Gasteiger partial charge in [0, 0.05) is 177 Å². The van der Waals surface area contributed by atoms with Gasteiger partial charge in [0.1, 0.15) is 0 Å². The molecule has 0 amide bonds. The molecule has 0 fully saturated rings. The molecule has 640 valence electrons. The molecule has 8 nitrogen and oxygen atoms in total. The van der Waals surface area contributed by atoms with Crippen LogP contribution in [0.5, 0.6) is 0 Å². The van der Waals surface area contributed by atoms with Crippen molar-refractivity contribution in [3.05, 3.63) is 522 Å². The number of nitrogens with zero attached hydrogens (tertiary/aromatic N) is 8. The van der Waals surface area contributed by atoms with E-state index in [9.17, 15) is 0 Å². The third-order valence-corrected chi connectivity index (χ3v) is 28.8. The first-order valence-corrected chi connectivity index (χ1v) is 47.8. The molecule has 5 aromatic heterocycles. The highest BCUT2D eigenvalue weighted by molar-refractivity contribution is 7.28. The molecular formula is C124H86N8S3. The Morgan fingerprint density at radius 3 is 0.793 bits per heavy atom. The van der Waals surface area contributed by atoms with Gasteiger partial charge in [-0.1, -0.05) is 279 Å². The minimum Gasteiger partial charge on any atom is -0.311 e. The number of fused-ring (bicyclic) bond motifs is 15. The van der Waals surface area contributed by atoms with Crippen molar-refractivity contribution in [3.63, 3.8) is 0 Å². The predicted molar refractivity (Wildman–Crippen MR) is 580 cm³/mol. The van der Waals surface area contributed by atoms with E-state index < -0.39 is 0 Å². The van der Waals surface area contributed by atoms with Crippen molar-refractivity contribution in [2.24, 2.45) is 0 Å². The first kappa shape index (κ1) is 82.4. The second-order valence-corrected chi connectivity index (χ2v) is 36.3. The fourth-order valence-electron chi connectivity index (χ4n) is 18.8. The van der Waals surface area contributed by atoms with Gasteiger partial charge in [-0.15, -0.1) is 34.0 Å². The Bertz CT molecular complexity index is 8090. The summed E-state index contributed by atoms with van der Waals surface area (Å²) in [5.41, 5.74) is 22.3. The van der Waals surface area contributed by atoms with Gasteiger partial charge < -0.3 is 29.4 Å². The molecule has 20 aromatic carbocycles. The Kier molecular flexibility index (Phi) is 22.6. The van der Waals surface area contributed by atoms with Gasteiger partial charge >= 0.3 is 0 Å². The molecule has 25 aromatic rings. The molecule has 0 saturated carbocycles. The number of rotatable bonds is 19. The zero-order valence-corrected chi connectivity index (χ0v) is 75.9. The summed E-state index contributed by atoms with van der Waals surface area (Å²) < 4.78 is 7.90. The highest BCUT2D eigenvalue weighted by Crippen LogP contribution is 2.51. The van der Waals surface area contributed by atoms with E-state index in [0.29, 0.717) is 0 Å². The molecule has 0 spiro atoms. The monoisotopic (exact) mass is 1780 g/mol. The lowest BCUT2D eigenvalue weighted by Crippen LogP contribution is -2.13. The van der Waals surface area contributed by atoms with Crippen molar-refractivity contribution in [2.75, 3.05) is 29.4 Å². The molecule has 0 bridgehead atoms. The van der Waals surface area contributed by atoms with E-state index in [0.717, 1.165) is 96.7 Å². The molecule has 0 radical (unpaired) electrons. The third-order valence-electron chi connectivity index (χ3n) is 25.0. The number of anilines is 18. The minimum atomic E-state index is 1.04. The molecule has 0 unspecified atom stereocenters. The van der Waals surface area contributed by atoms with Gasteiger partial charge in [0.15, 0.2) is 0 Å². The fraction of sp³-hybridized carbons (Fsp3) is 0. The maximum absolute atomic E-state index is 4.23. The van der Waals surface area contributed by atoms with E-state index in [4.69, 9.17) is 0 Å². The number of aromatic nitrogens is 2. The second kappa shape index (κ2) is 37.1. The summed E-state index contributed by atoms with van der Waals surface area (Å²) in [4.78, 5) is 22.4. The zero-order valence-electron chi connectivity index (χ0n) is 73.5. The van der Waals surface area contributed by atoms with Gasteiger partial charge in [-0.2, -0.15) is 0 Å². The van der Waals surface area contributed by atoms with E-state index in [-0.39, 0.29) is 0 Å². The Morgan fingerprint density at radius 1 is 0.141 bits per heavy atom. The Labute approximate surface area is 795 Å². The first-order chi connectivity index (χ1) is 67.0. The van der Waals surface area contributed by atoms with Crippen molar-refractivity contribution < 1.29 is 0 Å². The predicted octanol–water partition coefficient (Wildman–Crippen LogP) is 36.9. The molecule has 0 aliphatic carbocycles. The van der Waals surface area contributed by atoms with Crippen LogP contribution in [-0.2, 0) is 0 Å². The van der Waals surface area contributed by atoms with Crippen LogP contribution in [0.1, 0.15) is 0 Å². The van der Waals surface area contributed by atoms with Gasteiger partial charge in [0.05, 0.1) is 10.4 Å².